The zero-order valence-electron chi connectivity index (χ0n) is 16.9. The first-order valence-corrected chi connectivity index (χ1v) is 9.55. The van der Waals surface area contributed by atoms with Gasteiger partial charge in [0.1, 0.15) is 11.9 Å². The van der Waals surface area contributed by atoms with Crippen LogP contribution in [0.3, 0.4) is 0 Å². The van der Waals surface area contributed by atoms with Gasteiger partial charge in [0.2, 0.25) is 0 Å². The molecule has 1 heterocycles. The van der Waals surface area contributed by atoms with Gasteiger partial charge in [-0.15, -0.1) is 24.0 Å². The van der Waals surface area contributed by atoms with E-state index >= 15 is 0 Å². The molecule has 2 aromatic carbocycles. The quantitative estimate of drug-likeness (QED) is 0.353. The number of aliphatic imine (C=N–C) groups is 1. The Labute approximate surface area is 185 Å². The summed E-state index contributed by atoms with van der Waals surface area (Å²) in [5.41, 5.74) is 2.63. The fraction of sp³-hybridized carbons (Fsp3) is 0.409. The molecule has 0 spiro atoms. The number of ether oxygens (including phenoxy) is 1. The minimum Gasteiger partial charge on any atom is -0.488 e. The zero-order chi connectivity index (χ0) is 19.1. The summed E-state index contributed by atoms with van der Waals surface area (Å²) < 4.78 is 5.99. The molecular formula is C22H31IN4O. The molecule has 0 fully saturated rings. The third-order valence-corrected chi connectivity index (χ3v) is 4.98. The Balaban J connectivity index is 0.00000280. The fourth-order valence-electron chi connectivity index (χ4n) is 3.34. The number of nitrogens with one attached hydrogen (secondary N) is 2. The number of hydrogen-bond donors (Lipinski definition) is 2. The first-order valence-electron chi connectivity index (χ1n) is 9.55. The summed E-state index contributed by atoms with van der Waals surface area (Å²) in [6, 6.07) is 19.2. The first kappa shape index (κ1) is 22.5. The molecule has 2 atom stereocenters. The molecule has 0 aromatic heterocycles. The number of benzene rings is 2. The van der Waals surface area contributed by atoms with Crippen molar-refractivity contribution in [2.24, 2.45) is 4.99 Å². The Bertz CT molecular complexity index is 726. The van der Waals surface area contributed by atoms with Crippen molar-refractivity contribution in [3.8, 4) is 5.75 Å². The minimum absolute atomic E-state index is 0. The molecular weight excluding hydrogens is 463 g/mol. The van der Waals surface area contributed by atoms with Crippen LogP contribution in [0.5, 0.6) is 5.75 Å². The van der Waals surface area contributed by atoms with Crippen molar-refractivity contribution in [2.45, 2.75) is 25.0 Å². The van der Waals surface area contributed by atoms with E-state index in [0.29, 0.717) is 6.04 Å². The maximum Gasteiger partial charge on any atom is 0.191 e. The van der Waals surface area contributed by atoms with E-state index in [9.17, 15) is 0 Å². The molecule has 1 aliphatic rings. The number of hydrogen-bond acceptors (Lipinski definition) is 3. The summed E-state index contributed by atoms with van der Waals surface area (Å²) in [4.78, 5) is 6.61. The van der Waals surface area contributed by atoms with Crippen molar-refractivity contribution in [3.63, 3.8) is 0 Å². The van der Waals surface area contributed by atoms with Crippen LogP contribution in [0.2, 0.25) is 0 Å². The lowest BCUT2D eigenvalue weighted by atomic mass is 10.1. The Morgan fingerprint density at radius 1 is 1.11 bits per heavy atom. The number of rotatable bonds is 7. The van der Waals surface area contributed by atoms with Gasteiger partial charge in [0, 0.05) is 26.1 Å². The van der Waals surface area contributed by atoms with E-state index in [1.165, 1.54) is 11.1 Å². The molecule has 0 bridgehead atoms. The van der Waals surface area contributed by atoms with Crippen molar-refractivity contribution in [1.82, 2.24) is 15.5 Å². The number of halogens is 1. The highest BCUT2D eigenvalue weighted by Gasteiger charge is 2.22. The van der Waals surface area contributed by atoms with Gasteiger partial charge in [-0.1, -0.05) is 48.5 Å². The smallest absolute Gasteiger partial charge is 0.191 e. The highest BCUT2D eigenvalue weighted by molar-refractivity contribution is 14.0. The normalized spacial score (nSPS) is 16.7. The Morgan fingerprint density at radius 3 is 2.50 bits per heavy atom. The molecule has 0 saturated heterocycles. The lowest BCUT2D eigenvalue weighted by molar-refractivity contribution is 0.234. The Kier molecular flexibility index (Phi) is 9.05. The molecule has 2 N–H and O–H groups in total. The van der Waals surface area contributed by atoms with Gasteiger partial charge in [-0.05, 0) is 37.7 Å². The molecule has 152 valence electrons. The van der Waals surface area contributed by atoms with Gasteiger partial charge in [0.25, 0.3) is 0 Å². The van der Waals surface area contributed by atoms with Crippen molar-refractivity contribution in [1.29, 1.82) is 0 Å². The summed E-state index contributed by atoms with van der Waals surface area (Å²) in [6.45, 7) is 1.56. The highest BCUT2D eigenvalue weighted by Crippen LogP contribution is 2.27. The molecule has 1 aliphatic heterocycles. The van der Waals surface area contributed by atoms with Crippen LogP contribution in [0.1, 0.15) is 11.1 Å². The van der Waals surface area contributed by atoms with Crippen LogP contribution in [0.15, 0.2) is 59.6 Å². The predicted molar refractivity (Wildman–Crippen MR) is 127 cm³/mol. The van der Waals surface area contributed by atoms with Gasteiger partial charge in [-0.25, -0.2) is 0 Å². The van der Waals surface area contributed by atoms with E-state index in [1.807, 2.05) is 12.1 Å². The SMILES string of the molecule is CN=C(NCC1Cc2ccccc2O1)NCC(Cc1ccccc1)N(C)C.I. The summed E-state index contributed by atoms with van der Waals surface area (Å²) in [6.07, 6.45) is 2.09. The van der Waals surface area contributed by atoms with Crippen LogP contribution in [-0.4, -0.2) is 57.2 Å². The molecule has 2 aromatic rings. The monoisotopic (exact) mass is 494 g/mol. The topological polar surface area (TPSA) is 48.9 Å². The second-order valence-corrected chi connectivity index (χ2v) is 7.19. The van der Waals surface area contributed by atoms with Gasteiger partial charge in [0.05, 0.1) is 6.54 Å². The second kappa shape index (κ2) is 11.3. The third kappa shape index (κ3) is 6.38. The molecule has 5 nitrogen and oxygen atoms in total. The number of para-hydroxylation sites is 1. The maximum absolute atomic E-state index is 5.99. The molecule has 0 saturated carbocycles. The number of likely N-dealkylation sites (N-methyl/N-ethyl adjacent to an activating group) is 1. The van der Waals surface area contributed by atoms with Crippen LogP contribution in [0.25, 0.3) is 0 Å². The van der Waals surface area contributed by atoms with Crippen LogP contribution in [0, 0.1) is 0 Å². The van der Waals surface area contributed by atoms with Gasteiger partial charge >= 0.3 is 0 Å². The predicted octanol–water partition coefficient (Wildman–Crippen LogP) is 2.95. The lowest BCUT2D eigenvalue weighted by Gasteiger charge is -2.26. The van der Waals surface area contributed by atoms with E-state index in [0.717, 1.165) is 37.6 Å². The number of guanidine groups is 1. The van der Waals surface area contributed by atoms with Crippen molar-refractivity contribution < 1.29 is 4.74 Å². The second-order valence-electron chi connectivity index (χ2n) is 7.19. The summed E-state index contributed by atoms with van der Waals surface area (Å²) in [5.74, 6) is 1.82. The first-order chi connectivity index (χ1) is 13.2. The minimum atomic E-state index is 0. The molecule has 0 amide bonds. The molecule has 2 unspecified atom stereocenters. The van der Waals surface area contributed by atoms with Crippen molar-refractivity contribution >= 4 is 29.9 Å². The van der Waals surface area contributed by atoms with E-state index in [2.05, 4.69) is 77.1 Å². The molecule has 3 rings (SSSR count). The van der Waals surface area contributed by atoms with Gasteiger partial charge < -0.3 is 20.3 Å². The molecule has 0 radical (unpaired) electrons. The van der Waals surface area contributed by atoms with Crippen LogP contribution in [0.4, 0.5) is 0 Å². The molecule has 0 aliphatic carbocycles. The largest absolute Gasteiger partial charge is 0.488 e. The van der Waals surface area contributed by atoms with Crippen LogP contribution < -0.4 is 15.4 Å². The van der Waals surface area contributed by atoms with E-state index in [1.54, 1.807) is 7.05 Å². The summed E-state index contributed by atoms with van der Waals surface area (Å²) in [7, 11) is 6.05. The Hall–Kier alpha value is -1.80. The van der Waals surface area contributed by atoms with E-state index in [4.69, 9.17) is 4.74 Å². The van der Waals surface area contributed by atoms with E-state index in [-0.39, 0.29) is 30.1 Å². The van der Waals surface area contributed by atoms with Crippen LogP contribution >= 0.6 is 24.0 Å². The lowest BCUT2D eigenvalue weighted by Crippen LogP contribution is -2.47. The zero-order valence-corrected chi connectivity index (χ0v) is 19.2. The van der Waals surface area contributed by atoms with E-state index < -0.39 is 0 Å². The summed E-state index contributed by atoms with van der Waals surface area (Å²) in [5, 5.41) is 6.86. The van der Waals surface area contributed by atoms with Gasteiger partial charge in [-0.3, -0.25) is 4.99 Å². The maximum atomic E-state index is 5.99. The van der Waals surface area contributed by atoms with Crippen molar-refractivity contribution in [3.05, 3.63) is 65.7 Å². The average Bonchev–Trinajstić information content (AvgIpc) is 3.10. The van der Waals surface area contributed by atoms with Crippen molar-refractivity contribution in [2.75, 3.05) is 34.2 Å². The number of nitrogens with zero attached hydrogens (tertiary/aromatic N) is 2. The van der Waals surface area contributed by atoms with Crippen LogP contribution in [-0.2, 0) is 12.8 Å². The average molecular weight is 494 g/mol. The Morgan fingerprint density at radius 2 is 1.82 bits per heavy atom. The summed E-state index contributed by atoms with van der Waals surface area (Å²) >= 11 is 0. The number of fused-ring (bicyclic) bond motifs is 1. The fourth-order valence-corrected chi connectivity index (χ4v) is 3.34. The standard InChI is InChI=1S/C22H30N4O.HI/c1-23-22(25-16-20-14-18-11-7-8-12-21(18)27-20)24-15-19(26(2)3)13-17-9-5-4-6-10-17;/h4-12,19-20H,13-16H2,1-3H3,(H2,23,24,25);1H. The molecule has 6 heteroatoms. The van der Waals surface area contributed by atoms with Gasteiger partial charge in [-0.2, -0.15) is 0 Å². The highest BCUT2D eigenvalue weighted by atomic mass is 127. The third-order valence-electron chi connectivity index (χ3n) is 4.98. The van der Waals surface area contributed by atoms with Gasteiger partial charge in [0.15, 0.2) is 5.96 Å². The molecule has 28 heavy (non-hydrogen) atoms.